The standard InChI is InChI=1S/C40H86N4O19Si4/c1-5-9-13-17-21-25-29-64(52,53)60-36(48)39(42(34-46)37(49)41-33-45)35(47)43(63-67(58,59)32-28-24-20-16-12-8-4)38(50)44(39)40(51,61-65(54,55)30-26-22-18-14-10-6-2)62-66(56,57)31-27-23-19-15-11-7-3/h36,45-46,48,51-59H,5-34H2,1-4H3,(H,41,49). The van der Waals surface area contributed by atoms with Gasteiger partial charge in [-0.3, -0.25) is 9.69 Å². The second kappa shape index (κ2) is 31.7. The molecule has 5 amide bonds. The molecule has 0 aromatic rings. The number of carbonyl (C=O) groups excluding carboxylic acids is 3. The number of hydroxylamine groups is 2. The number of rotatable bonds is 41. The van der Waals surface area contributed by atoms with Crippen molar-refractivity contribution in [3.63, 3.8) is 0 Å². The van der Waals surface area contributed by atoms with Gasteiger partial charge < -0.3 is 77.4 Å². The molecule has 2 unspecified atom stereocenters. The molecule has 396 valence electrons. The molecule has 27 heteroatoms. The highest BCUT2D eigenvalue weighted by Crippen LogP contribution is 2.44. The fourth-order valence-electron chi connectivity index (χ4n) is 7.76. The van der Waals surface area contributed by atoms with Crippen LogP contribution in [0.3, 0.4) is 0 Å². The van der Waals surface area contributed by atoms with Gasteiger partial charge in [-0.1, -0.05) is 156 Å². The first-order valence-electron chi connectivity index (χ1n) is 24.4. The molecule has 13 N–H and O–H groups in total. The molecule has 0 radical (unpaired) electrons. The van der Waals surface area contributed by atoms with E-state index in [0.29, 0.717) is 51.4 Å². The van der Waals surface area contributed by atoms with Crippen molar-refractivity contribution < 1.29 is 91.0 Å². The number of aliphatic hydroxyl groups is 4. The second-order valence-corrected chi connectivity index (χ2v) is 26.3. The van der Waals surface area contributed by atoms with Crippen molar-refractivity contribution in [3.8, 4) is 0 Å². The molecule has 1 fully saturated rings. The van der Waals surface area contributed by atoms with Gasteiger partial charge in [-0.25, -0.2) is 19.0 Å². The Morgan fingerprint density at radius 1 is 0.597 bits per heavy atom. The molecule has 67 heavy (non-hydrogen) atoms. The van der Waals surface area contributed by atoms with Gasteiger partial charge >= 0.3 is 59.3 Å². The van der Waals surface area contributed by atoms with Crippen LogP contribution in [0.25, 0.3) is 0 Å². The molecular formula is C40H86N4O19Si4. The fraction of sp³-hybridized carbons (Fsp3) is 0.925. The van der Waals surface area contributed by atoms with E-state index >= 15 is 4.79 Å². The van der Waals surface area contributed by atoms with Crippen molar-refractivity contribution in [2.24, 2.45) is 0 Å². The van der Waals surface area contributed by atoms with E-state index in [-0.39, 0.29) is 30.6 Å². The Kier molecular flexibility index (Phi) is 30.0. The van der Waals surface area contributed by atoms with Gasteiger partial charge in [0.1, 0.15) is 13.5 Å². The van der Waals surface area contributed by atoms with E-state index in [2.05, 4.69) is 0 Å². The number of nitrogens with zero attached hydrogens (tertiary/aromatic N) is 3. The number of unbranched alkanes of at least 4 members (excludes halogenated alkanes) is 20. The molecule has 1 heterocycles. The van der Waals surface area contributed by atoms with Crippen LogP contribution in [0.2, 0.25) is 24.2 Å². The third-order valence-corrected chi connectivity index (χ3v) is 17.7. The van der Waals surface area contributed by atoms with Crippen molar-refractivity contribution in [1.82, 2.24) is 20.2 Å². The topological polar surface area (TPSA) is 353 Å². The number of hydrogen-bond donors (Lipinski definition) is 13. The van der Waals surface area contributed by atoms with Gasteiger partial charge in [0.15, 0.2) is 0 Å². The first-order chi connectivity index (χ1) is 31.5. The zero-order valence-electron chi connectivity index (χ0n) is 40.4. The zero-order chi connectivity index (χ0) is 50.8. The maximum atomic E-state index is 15.0. The minimum atomic E-state index is -5.51. The van der Waals surface area contributed by atoms with Gasteiger partial charge in [-0.05, 0) is 25.7 Å². The lowest BCUT2D eigenvalue weighted by Crippen LogP contribution is -2.79. The van der Waals surface area contributed by atoms with Gasteiger partial charge in [0.2, 0.25) is 6.29 Å². The van der Waals surface area contributed by atoms with E-state index in [1.165, 1.54) is 0 Å². The number of amides is 5. The summed E-state index contributed by atoms with van der Waals surface area (Å²) in [6.07, 6.45) is 7.37. The molecule has 1 saturated heterocycles. The molecule has 0 aromatic heterocycles. The Labute approximate surface area is 400 Å². The van der Waals surface area contributed by atoms with Gasteiger partial charge in [0.05, 0.1) is 0 Å². The SMILES string of the molecule is CCCCCCCC[Si](O)(O)OC(O)C1(N(CO)C(=O)NCO)C(=O)N(O[Si](O)(O)CCCCCCCC)C(=O)N1C(O)(O[Si](O)(O)CCCCCCCC)O[Si](O)(O)CCCCCCCC. The third kappa shape index (κ3) is 21.8. The highest BCUT2D eigenvalue weighted by Gasteiger charge is 2.76. The van der Waals surface area contributed by atoms with E-state index in [1.54, 1.807) is 0 Å². The summed E-state index contributed by atoms with van der Waals surface area (Å²) in [5.41, 5.74) is -4.02. The summed E-state index contributed by atoms with van der Waals surface area (Å²) >= 11 is 0. The van der Waals surface area contributed by atoms with Crippen molar-refractivity contribution in [1.29, 1.82) is 0 Å². The van der Waals surface area contributed by atoms with Crippen LogP contribution in [0.4, 0.5) is 9.59 Å². The van der Waals surface area contributed by atoms with Crippen molar-refractivity contribution in [3.05, 3.63) is 0 Å². The molecule has 0 bridgehead atoms. The number of aliphatic hydroxyl groups excluding tert-OH is 3. The Hall–Kier alpha value is -1.56. The monoisotopic (exact) mass is 1040 g/mol. The van der Waals surface area contributed by atoms with Crippen LogP contribution >= 0.6 is 0 Å². The average molecular weight is 1040 g/mol. The Bertz CT molecular complexity index is 1380. The maximum Gasteiger partial charge on any atom is 0.518 e. The molecule has 23 nitrogen and oxygen atoms in total. The summed E-state index contributed by atoms with van der Waals surface area (Å²) in [6, 6.07) is -6.29. The highest BCUT2D eigenvalue weighted by atomic mass is 28.4. The van der Waals surface area contributed by atoms with Crippen LogP contribution in [-0.2, 0) is 22.6 Å². The number of imide groups is 1. The lowest BCUT2D eigenvalue weighted by molar-refractivity contribution is -0.400. The zero-order valence-corrected chi connectivity index (χ0v) is 44.4. The van der Waals surface area contributed by atoms with E-state index in [1.807, 2.05) is 33.0 Å². The predicted molar refractivity (Wildman–Crippen MR) is 250 cm³/mol. The minimum Gasteiger partial charge on any atom is -0.390 e. The quantitative estimate of drug-likeness (QED) is 0.0181. The van der Waals surface area contributed by atoms with Crippen LogP contribution in [0.5, 0.6) is 0 Å². The van der Waals surface area contributed by atoms with E-state index < -0.39 is 119 Å². The molecule has 1 aliphatic heterocycles. The van der Waals surface area contributed by atoms with Gasteiger partial charge in [-0.15, -0.1) is 5.06 Å². The predicted octanol–water partition coefficient (Wildman–Crippen LogP) is 2.90. The number of nitrogens with one attached hydrogen (secondary N) is 1. The molecule has 0 aromatic carbocycles. The van der Waals surface area contributed by atoms with E-state index in [0.717, 1.165) is 77.0 Å². The van der Waals surface area contributed by atoms with Gasteiger partial charge in [-0.2, -0.15) is 0 Å². The molecule has 1 aliphatic rings. The third-order valence-electron chi connectivity index (χ3n) is 11.4. The van der Waals surface area contributed by atoms with Crippen molar-refractivity contribution in [2.45, 2.75) is 224 Å². The first-order valence-corrected chi connectivity index (χ1v) is 32.5. The number of hydrogen-bond acceptors (Lipinski definition) is 19. The molecule has 1 rings (SSSR count). The van der Waals surface area contributed by atoms with Crippen LogP contribution in [0, 0.1) is 0 Å². The van der Waals surface area contributed by atoms with Crippen LogP contribution in [0.15, 0.2) is 0 Å². The number of urea groups is 2. The fourth-order valence-corrected chi connectivity index (χ4v) is 13.2. The summed E-state index contributed by atoms with van der Waals surface area (Å²) in [5, 5.41) is 46.7. The Morgan fingerprint density at radius 2 is 0.940 bits per heavy atom. The van der Waals surface area contributed by atoms with Crippen molar-refractivity contribution in [2.75, 3.05) is 13.5 Å². The molecule has 0 saturated carbocycles. The molecule has 0 spiro atoms. The summed E-state index contributed by atoms with van der Waals surface area (Å²) in [6.45, 7) is 4.95. The van der Waals surface area contributed by atoms with Gasteiger partial charge in [0, 0.05) is 24.2 Å². The summed E-state index contributed by atoms with van der Waals surface area (Å²) in [7, 11) is -21.5. The Balaban J connectivity index is 4.19. The minimum absolute atomic E-state index is 0.0292. The summed E-state index contributed by atoms with van der Waals surface area (Å²) < 4.78 is 21.4. The molecule has 2 atom stereocenters. The Morgan fingerprint density at radius 3 is 1.30 bits per heavy atom. The maximum absolute atomic E-state index is 15.0. The van der Waals surface area contributed by atoms with Crippen LogP contribution < -0.4 is 5.32 Å². The van der Waals surface area contributed by atoms with Crippen molar-refractivity contribution >= 4 is 53.2 Å². The first kappa shape index (κ1) is 63.5. The van der Waals surface area contributed by atoms with Crippen LogP contribution in [0.1, 0.15) is 182 Å². The normalized spacial score (nSPS) is 17.0. The highest BCUT2D eigenvalue weighted by molar-refractivity contribution is 6.59. The largest absolute Gasteiger partial charge is 0.518 e. The van der Waals surface area contributed by atoms with E-state index in [4.69, 9.17) is 17.8 Å². The van der Waals surface area contributed by atoms with Crippen LogP contribution in [-0.4, -0.2) is 158 Å². The lowest BCUT2D eigenvalue weighted by Gasteiger charge is -2.50. The lowest BCUT2D eigenvalue weighted by atomic mass is 10.1. The van der Waals surface area contributed by atoms with E-state index in [9.17, 15) is 68.4 Å². The second-order valence-electron chi connectivity index (χ2n) is 17.5. The molecular weight excluding hydrogens is 953 g/mol. The average Bonchev–Trinajstić information content (AvgIpc) is 3.45. The number of carbonyl (C=O) groups is 3. The summed E-state index contributed by atoms with van der Waals surface area (Å²) in [4.78, 5) is 134. The summed E-state index contributed by atoms with van der Waals surface area (Å²) in [5.74, 6) is -2.12. The molecule has 0 aliphatic carbocycles. The van der Waals surface area contributed by atoms with Gasteiger partial charge in [0.25, 0.3) is 5.66 Å². The smallest absolute Gasteiger partial charge is 0.390 e.